The lowest BCUT2D eigenvalue weighted by Crippen LogP contribution is -1.68. The van der Waals surface area contributed by atoms with Gasteiger partial charge in [-0.05, 0) is 12.1 Å². The third kappa shape index (κ3) is 1.87. The molecule has 0 fully saturated rings. The molecule has 0 saturated heterocycles. The first-order valence-electron chi connectivity index (χ1n) is 3.57. The second-order valence-electron chi connectivity index (χ2n) is 2.21. The first-order valence-corrected chi connectivity index (χ1v) is 5.27. The molecule has 0 N–H and O–H groups in total. The number of aromatic nitrogens is 1. The molecule has 3 heteroatoms. The van der Waals surface area contributed by atoms with Crippen LogP contribution in [0.3, 0.4) is 0 Å². The third-order valence-electron chi connectivity index (χ3n) is 1.36. The van der Waals surface area contributed by atoms with Crippen molar-refractivity contribution in [1.82, 2.24) is 4.98 Å². The molecule has 2 aromatic rings. The van der Waals surface area contributed by atoms with Crippen molar-refractivity contribution in [3.05, 3.63) is 41.9 Å². The number of nitrogens with zero attached hydrogens (tertiary/aromatic N) is 1. The van der Waals surface area contributed by atoms with E-state index in [0.29, 0.717) is 0 Å². The van der Waals surface area contributed by atoms with Crippen molar-refractivity contribution in [3.63, 3.8) is 0 Å². The summed E-state index contributed by atoms with van der Waals surface area (Å²) < 4.78 is 1.10. The first kappa shape index (κ1) is 7.83. The quantitative estimate of drug-likeness (QED) is 0.726. The summed E-state index contributed by atoms with van der Waals surface area (Å²) >= 11 is 3.37. The number of benzene rings is 1. The summed E-state index contributed by atoms with van der Waals surface area (Å²) in [5, 5.41) is 1.99. The maximum Gasteiger partial charge on any atom is 0.154 e. The standard InChI is InChI=1S/C9H7NS2/c1-2-4-8(5-3-1)12-9-10-6-7-11-9/h1-7H. The number of rotatable bonds is 2. The second-order valence-corrected chi connectivity index (χ2v) is 4.43. The highest BCUT2D eigenvalue weighted by Crippen LogP contribution is 2.28. The number of hydrogen-bond acceptors (Lipinski definition) is 3. The Hall–Kier alpha value is -0.800. The molecule has 0 aliphatic heterocycles. The van der Waals surface area contributed by atoms with Crippen LogP contribution in [0.4, 0.5) is 0 Å². The Balaban J connectivity index is 2.15. The van der Waals surface area contributed by atoms with Crippen LogP contribution in [0.2, 0.25) is 0 Å². The summed E-state index contributed by atoms with van der Waals surface area (Å²) in [5.41, 5.74) is 0. The topological polar surface area (TPSA) is 12.9 Å². The fraction of sp³-hybridized carbons (Fsp3) is 0. The highest BCUT2D eigenvalue weighted by atomic mass is 32.2. The summed E-state index contributed by atoms with van der Waals surface area (Å²) in [6.45, 7) is 0. The minimum atomic E-state index is 1.10. The van der Waals surface area contributed by atoms with E-state index in [9.17, 15) is 0 Å². The molecule has 0 spiro atoms. The Morgan fingerprint density at radius 3 is 2.67 bits per heavy atom. The monoisotopic (exact) mass is 193 g/mol. The van der Waals surface area contributed by atoms with Crippen molar-refractivity contribution in [2.75, 3.05) is 0 Å². The molecule has 2 rings (SSSR count). The van der Waals surface area contributed by atoms with Gasteiger partial charge in [-0.1, -0.05) is 30.0 Å². The zero-order chi connectivity index (χ0) is 8.23. The van der Waals surface area contributed by atoms with Gasteiger partial charge in [-0.2, -0.15) is 0 Å². The average Bonchev–Trinajstić information content (AvgIpc) is 2.59. The molecule has 0 bridgehead atoms. The molecular weight excluding hydrogens is 186 g/mol. The van der Waals surface area contributed by atoms with Crippen LogP contribution in [0.5, 0.6) is 0 Å². The van der Waals surface area contributed by atoms with Gasteiger partial charge >= 0.3 is 0 Å². The fourth-order valence-electron chi connectivity index (χ4n) is 0.850. The largest absolute Gasteiger partial charge is 0.238 e. The van der Waals surface area contributed by atoms with Crippen LogP contribution >= 0.6 is 23.1 Å². The van der Waals surface area contributed by atoms with Crippen molar-refractivity contribution in [2.45, 2.75) is 9.24 Å². The van der Waals surface area contributed by atoms with Crippen LogP contribution in [0.25, 0.3) is 0 Å². The van der Waals surface area contributed by atoms with Gasteiger partial charge < -0.3 is 0 Å². The Morgan fingerprint density at radius 1 is 1.17 bits per heavy atom. The SMILES string of the molecule is c1ccc(Sc2nccs2)cc1. The van der Waals surface area contributed by atoms with Crippen LogP contribution in [0.1, 0.15) is 0 Å². The molecule has 1 aromatic heterocycles. The Morgan fingerprint density at radius 2 is 2.00 bits per heavy atom. The Bertz CT molecular complexity index is 329. The minimum Gasteiger partial charge on any atom is -0.238 e. The summed E-state index contributed by atoms with van der Waals surface area (Å²) in [5.74, 6) is 0. The van der Waals surface area contributed by atoms with E-state index in [1.54, 1.807) is 23.1 Å². The van der Waals surface area contributed by atoms with E-state index in [2.05, 4.69) is 17.1 Å². The predicted octanol–water partition coefficient (Wildman–Crippen LogP) is 3.29. The summed E-state index contributed by atoms with van der Waals surface area (Å²) in [6.07, 6.45) is 1.83. The molecule has 0 unspecified atom stereocenters. The molecule has 0 saturated carbocycles. The van der Waals surface area contributed by atoms with Gasteiger partial charge in [0.05, 0.1) is 0 Å². The van der Waals surface area contributed by atoms with Crippen molar-refractivity contribution in [3.8, 4) is 0 Å². The van der Waals surface area contributed by atoms with Gasteiger partial charge in [0, 0.05) is 16.5 Å². The van der Waals surface area contributed by atoms with Crippen molar-refractivity contribution in [2.24, 2.45) is 0 Å². The van der Waals surface area contributed by atoms with E-state index in [1.807, 2.05) is 29.8 Å². The molecule has 0 aliphatic rings. The van der Waals surface area contributed by atoms with Gasteiger partial charge in [-0.15, -0.1) is 11.3 Å². The molecule has 1 aromatic carbocycles. The molecule has 12 heavy (non-hydrogen) atoms. The van der Waals surface area contributed by atoms with E-state index in [-0.39, 0.29) is 0 Å². The van der Waals surface area contributed by atoms with E-state index in [0.717, 1.165) is 4.34 Å². The van der Waals surface area contributed by atoms with E-state index >= 15 is 0 Å². The average molecular weight is 193 g/mol. The Kier molecular flexibility index (Phi) is 2.44. The minimum absolute atomic E-state index is 1.10. The van der Waals surface area contributed by atoms with Crippen LogP contribution in [0.15, 0.2) is 51.1 Å². The van der Waals surface area contributed by atoms with E-state index in [4.69, 9.17) is 0 Å². The highest BCUT2D eigenvalue weighted by Gasteiger charge is 1.96. The molecule has 0 amide bonds. The smallest absolute Gasteiger partial charge is 0.154 e. The van der Waals surface area contributed by atoms with Gasteiger partial charge in [-0.3, -0.25) is 0 Å². The second kappa shape index (κ2) is 3.74. The zero-order valence-corrected chi connectivity index (χ0v) is 7.94. The van der Waals surface area contributed by atoms with E-state index < -0.39 is 0 Å². The van der Waals surface area contributed by atoms with Gasteiger partial charge in [-0.25, -0.2) is 4.98 Å². The summed E-state index contributed by atoms with van der Waals surface area (Å²) in [4.78, 5) is 5.44. The molecule has 0 aliphatic carbocycles. The van der Waals surface area contributed by atoms with Crippen LogP contribution in [0, 0.1) is 0 Å². The number of thiazole rings is 1. The van der Waals surface area contributed by atoms with Crippen molar-refractivity contribution in [1.29, 1.82) is 0 Å². The zero-order valence-electron chi connectivity index (χ0n) is 6.31. The molecule has 0 atom stereocenters. The third-order valence-corrected chi connectivity index (χ3v) is 3.25. The lowest BCUT2D eigenvalue weighted by Gasteiger charge is -1.94. The normalized spacial score (nSPS) is 10.0. The number of hydrogen-bond donors (Lipinski definition) is 0. The highest BCUT2D eigenvalue weighted by molar-refractivity contribution is 8.01. The molecule has 0 radical (unpaired) electrons. The summed E-state index contributed by atoms with van der Waals surface area (Å²) in [6, 6.07) is 10.3. The maximum atomic E-state index is 4.19. The van der Waals surface area contributed by atoms with Gasteiger partial charge in [0.25, 0.3) is 0 Å². The lowest BCUT2D eigenvalue weighted by atomic mass is 10.4. The van der Waals surface area contributed by atoms with E-state index in [1.165, 1.54) is 4.90 Å². The van der Waals surface area contributed by atoms with Gasteiger partial charge in [0.2, 0.25) is 0 Å². The van der Waals surface area contributed by atoms with Crippen LogP contribution in [-0.4, -0.2) is 4.98 Å². The van der Waals surface area contributed by atoms with Crippen LogP contribution < -0.4 is 0 Å². The fourth-order valence-corrected chi connectivity index (χ4v) is 2.47. The molecule has 60 valence electrons. The first-order chi connectivity index (χ1) is 5.95. The van der Waals surface area contributed by atoms with Crippen molar-refractivity contribution < 1.29 is 0 Å². The Labute approximate surface area is 79.5 Å². The maximum absolute atomic E-state index is 4.19. The molecule has 1 heterocycles. The van der Waals surface area contributed by atoms with Crippen molar-refractivity contribution >= 4 is 23.1 Å². The van der Waals surface area contributed by atoms with Gasteiger partial charge in [0.15, 0.2) is 4.34 Å². The lowest BCUT2D eigenvalue weighted by molar-refractivity contribution is 1.25. The molecular formula is C9H7NS2. The molecule has 1 nitrogen and oxygen atoms in total. The van der Waals surface area contributed by atoms with Gasteiger partial charge in [0.1, 0.15) is 0 Å². The predicted molar refractivity (Wildman–Crippen MR) is 52.7 cm³/mol. The summed E-state index contributed by atoms with van der Waals surface area (Å²) in [7, 11) is 0. The van der Waals surface area contributed by atoms with Crippen LogP contribution in [-0.2, 0) is 0 Å².